The van der Waals surface area contributed by atoms with E-state index in [1.165, 1.54) is 5.56 Å². The molecular formula is C13H20Cl2N2. The third-order valence-corrected chi connectivity index (χ3v) is 3.63. The van der Waals surface area contributed by atoms with Crippen LogP contribution in [-0.2, 0) is 6.42 Å². The van der Waals surface area contributed by atoms with E-state index < -0.39 is 0 Å². The molecule has 0 bridgehead atoms. The van der Waals surface area contributed by atoms with Crippen LogP contribution in [0.15, 0.2) is 18.2 Å². The number of nitrogens with zero attached hydrogens (tertiary/aromatic N) is 1. The maximum atomic E-state index is 5.96. The van der Waals surface area contributed by atoms with Crippen LogP contribution < -0.4 is 5.32 Å². The summed E-state index contributed by atoms with van der Waals surface area (Å²) in [4.78, 5) is 2.20. The number of hydrogen-bond acceptors (Lipinski definition) is 2. The normalized spacial score (nSPS) is 13.1. The predicted molar refractivity (Wildman–Crippen MR) is 76.2 cm³/mol. The van der Waals surface area contributed by atoms with Crippen LogP contribution >= 0.6 is 23.2 Å². The van der Waals surface area contributed by atoms with Crippen molar-refractivity contribution in [3.05, 3.63) is 33.8 Å². The fourth-order valence-electron chi connectivity index (χ4n) is 1.42. The van der Waals surface area contributed by atoms with Crippen molar-refractivity contribution in [3.8, 4) is 0 Å². The summed E-state index contributed by atoms with van der Waals surface area (Å²) in [5.41, 5.74) is 1.21. The largest absolute Gasteiger partial charge is 0.315 e. The van der Waals surface area contributed by atoms with Gasteiger partial charge < -0.3 is 10.2 Å². The van der Waals surface area contributed by atoms with Crippen molar-refractivity contribution in [1.29, 1.82) is 0 Å². The van der Waals surface area contributed by atoms with Crippen molar-refractivity contribution in [2.75, 3.05) is 27.2 Å². The highest BCUT2D eigenvalue weighted by molar-refractivity contribution is 6.42. The Labute approximate surface area is 114 Å². The zero-order valence-corrected chi connectivity index (χ0v) is 12.1. The average Bonchev–Trinajstić information content (AvgIpc) is 2.28. The smallest absolute Gasteiger partial charge is 0.0595 e. The molecule has 2 nitrogen and oxygen atoms in total. The van der Waals surface area contributed by atoms with Crippen LogP contribution in [0.3, 0.4) is 0 Å². The van der Waals surface area contributed by atoms with E-state index in [0.717, 1.165) is 19.5 Å². The monoisotopic (exact) mass is 274 g/mol. The van der Waals surface area contributed by atoms with E-state index in [1.54, 1.807) is 0 Å². The molecule has 0 fully saturated rings. The fraction of sp³-hybridized carbons (Fsp3) is 0.538. The summed E-state index contributed by atoms with van der Waals surface area (Å²) in [5.74, 6) is 0. The van der Waals surface area contributed by atoms with Gasteiger partial charge in [0.05, 0.1) is 10.0 Å². The Morgan fingerprint density at radius 2 is 1.94 bits per heavy atom. The van der Waals surface area contributed by atoms with Gasteiger partial charge in [-0.3, -0.25) is 0 Å². The van der Waals surface area contributed by atoms with E-state index in [9.17, 15) is 0 Å². The van der Waals surface area contributed by atoms with Crippen LogP contribution in [0.5, 0.6) is 0 Å². The van der Waals surface area contributed by atoms with Gasteiger partial charge in [-0.1, -0.05) is 29.3 Å². The van der Waals surface area contributed by atoms with E-state index in [-0.39, 0.29) is 0 Å². The minimum absolute atomic E-state index is 0.545. The third-order valence-electron chi connectivity index (χ3n) is 2.90. The van der Waals surface area contributed by atoms with Gasteiger partial charge in [0.25, 0.3) is 0 Å². The van der Waals surface area contributed by atoms with E-state index in [1.807, 2.05) is 18.2 Å². The van der Waals surface area contributed by atoms with Gasteiger partial charge in [-0.2, -0.15) is 0 Å². The molecule has 1 aromatic rings. The maximum Gasteiger partial charge on any atom is 0.0595 e. The van der Waals surface area contributed by atoms with Crippen molar-refractivity contribution in [2.24, 2.45) is 0 Å². The maximum absolute atomic E-state index is 5.96. The molecule has 1 atom stereocenters. The summed E-state index contributed by atoms with van der Waals surface area (Å²) < 4.78 is 0. The Balaban J connectivity index is 2.29. The van der Waals surface area contributed by atoms with Gasteiger partial charge in [-0.15, -0.1) is 0 Å². The summed E-state index contributed by atoms with van der Waals surface area (Å²) in [6.07, 6.45) is 0.969. The van der Waals surface area contributed by atoms with Crippen molar-refractivity contribution in [2.45, 2.75) is 19.4 Å². The molecule has 0 heterocycles. The second-order valence-corrected chi connectivity index (χ2v) is 5.33. The van der Waals surface area contributed by atoms with Crippen molar-refractivity contribution >= 4 is 23.2 Å². The van der Waals surface area contributed by atoms with E-state index in [4.69, 9.17) is 23.2 Å². The Hall–Kier alpha value is -0.280. The molecule has 0 radical (unpaired) electrons. The average molecular weight is 275 g/mol. The van der Waals surface area contributed by atoms with Gasteiger partial charge in [-0.25, -0.2) is 0 Å². The van der Waals surface area contributed by atoms with Crippen LogP contribution in [0.4, 0.5) is 0 Å². The SMILES string of the molecule is CC(CNCCc1ccc(Cl)c(Cl)c1)N(C)C. The van der Waals surface area contributed by atoms with E-state index in [0.29, 0.717) is 16.1 Å². The molecule has 1 N–H and O–H groups in total. The highest BCUT2D eigenvalue weighted by Gasteiger charge is 2.03. The van der Waals surface area contributed by atoms with Gasteiger partial charge in [0.1, 0.15) is 0 Å². The first-order valence-electron chi connectivity index (χ1n) is 5.81. The molecule has 1 rings (SSSR count). The molecular weight excluding hydrogens is 255 g/mol. The molecule has 96 valence electrons. The summed E-state index contributed by atoms with van der Waals surface area (Å²) in [6.45, 7) is 4.15. The van der Waals surface area contributed by atoms with Gasteiger partial charge >= 0.3 is 0 Å². The zero-order valence-electron chi connectivity index (χ0n) is 10.6. The number of likely N-dealkylation sites (N-methyl/N-ethyl adjacent to an activating group) is 1. The zero-order chi connectivity index (χ0) is 12.8. The third kappa shape index (κ3) is 5.26. The first kappa shape index (κ1) is 14.8. The van der Waals surface area contributed by atoms with Gasteiger partial charge in [0.15, 0.2) is 0 Å². The lowest BCUT2D eigenvalue weighted by Gasteiger charge is -2.20. The number of nitrogens with one attached hydrogen (secondary N) is 1. The fourth-order valence-corrected chi connectivity index (χ4v) is 1.74. The van der Waals surface area contributed by atoms with Crippen molar-refractivity contribution in [3.63, 3.8) is 0 Å². The molecule has 17 heavy (non-hydrogen) atoms. The lowest BCUT2D eigenvalue weighted by atomic mass is 10.1. The number of benzene rings is 1. The van der Waals surface area contributed by atoms with Crippen molar-refractivity contribution in [1.82, 2.24) is 10.2 Å². The minimum atomic E-state index is 0.545. The van der Waals surface area contributed by atoms with E-state index in [2.05, 4.69) is 31.2 Å². The molecule has 4 heteroatoms. The Kier molecular flexibility index (Phi) is 6.28. The quantitative estimate of drug-likeness (QED) is 0.803. The predicted octanol–water partition coefficient (Wildman–Crippen LogP) is 3.08. The summed E-state index contributed by atoms with van der Waals surface area (Å²) in [5, 5.41) is 4.68. The van der Waals surface area contributed by atoms with Crippen LogP contribution in [0.2, 0.25) is 10.0 Å². The van der Waals surface area contributed by atoms with Gasteiger partial charge in [-0.05, 0) is 51.7 Å². The second-order valence-electron chi connectivity index (χ2n) is 4.52. The topological polar surface area (TPSA) is 15.3 Å². The Bertz CT molecular complexity index is 353. The van der Waals surface area contributed by atoms with Gasteiger partial charge in [0.2, 0.25) is 0 Å². The van der Waals surface area contributed by atoms with Crippen LogP contribution in [-0.4, -0.2) is 38.1 Å². The van der Waals surface area contributed by atoms with Crippen LogP contribution in [0, 0.1) is 0 Å². The van der Waals surface area contributed by atoms with E-state index >= 15 is 0 Å². The number of halogens is 2. The molecule has 0 aliphatic heterocycles. The Morgan fingerprint density at radius 3 is 2.53 bits per heavy atom. The highest BCUT2D eigenvalue weighted by Crippen LogP contribution is 2.22. The molecule has 0 saturated heterocycles. The number of hydrogen-bond donors (Lipinski definition) is 1. The molecule has 0 aliphatic rings. The second kappa shape index (κ2) is 7.22. The molecule has 0 saturated carbocycles. The Morgan fingerprint density at radius 1 is 1.24 bits per heavy atom. The lowest BCUT2D eigenvalue weighted by molar-refractivity contribution is 0.303. The number of rotatable bonds is 6. The summed E-state index contributed by atoms with van der Waals surface area (Å²) in [6, 6.07) is 6.34. The molecule has 0 spiro atoms. The van der Waals surface area contributed by atoms with Crippen molar-refractivity contribution < 1.29 is 0 Å². The van der Waals surface area contributed by atoms with Crippen LogP contribution in [0.1, 0.15) is 12.5 Å². The van der Waals surface area contributed by atoms with Gasteiger partial charge in [0, 0.05) is 12.6 Å². The first-order valence-corrected chi connectivity index (χ1v) is 6.57. The standard InChI is InChI=1S/C13H20Cl2N2/c1-10(17(2)3)9-16-7-6-11-4-5-12(14)13(15)8-11/h4-5,8,10,16H,6-7,9H2,1-3H3. The molecule has 0 aliphatic carbocycles. The highest BCUT2D eigenvalue weighted by atomic mass is 35.5. The van der Waals surface area contributed by atoms with Crippen LogP contribution in [0.25, 0.3) is 0 Å². The minimum Gasteiger partial charge on any atom is -0.315 e. The molecule has 0 amide bonds. The summed E-state index contributed by atoms with van der Waals surface area (Å²) in [7, 11) is 4.18. The molecule has 1 aromatic carbocycles. The lowest BCUT2D eigenvalue weighted by Crippen LogP contribution is -2.36. The first-order chi connectivity index (χ1) is 8.00. The molecule has 0 aromatic heterocycles. The summed E-state index contributed by atoms with van der Waals surface area (Å²) >= 11 is 11.8. The molecule has 1 unspecified atom stereocenters.